The highest BCUT2D eigenvalue weighted by Gasteiger charge is 2.09. The zero-order chi connectivity index (χ0) is 22.3. The summed E-state index contributed by atoms with van der Waals surface area (Å²) in [6.07, 6.45) is 0.883. The molecule has 0 radical (unpaired) electrons. The number of hydrogen-bond acceptors (Lipinski definition) is 6. The maximum Gasteiger partial charge on any atom is 0.341 e. The lowest BCUT2D eigenvalue weighted by molar-refractivity contribution is -0.139. The maximum absolute atomic E-state index is 10.6. The Morgan fingerprint density at radius 3 is 2.75 bits per heavy atom. The predicted octanol–water partition coefficient (Wildman–Crippen LogP) is 5.83. The summed E-state index contributed by atoms with van der Waals surface area (Å²) in [5.41, 5.74) is 3.40. The van der Waals surface area contributed by atoms with E-state index in [-0.39, 0.29) is 6.61 Å². The van der Waals surface area contributed by atoms with Gasteiger partial charge in [-0.3, -0.25) is 0 Å². The summed E-state index contributed by atoms with van der Waals surface area (Å²) < 4.78 is 17.0. The molecule has 1 heterocycles. The first-order valence-electron chi connectivity index (χ1n) is 10.3. The van der Waals surface area contributed by atoms with Crippen LogP contribution in [0.4, 0.5) is 0 Å². The van der Waals surface area contributed by atoms with Gasteiger partial charge < -0.3 is 19.0 Å². The monoisotopic (exact) mass is 449 g/mol. The Hall–Kier alpha value is -3.45. The first-order chi connectivity index (χ1) is 15.6. The number of carboxylic acids is 1. The van der Waals surface area contributed by atoms with Crippen LogP contribution in [0.25, 0.3) is 22.6 Å². The van der Waals surface area contributed by atoms with E-state index in [1.54, 1.807) is 11.8 Å². The number of para-hydroxylation sites is 2. The molecule has 7 heteroatoms. The van der Waals surface area contributed by atoms with Crippen molar-refractivity contribution >= 4 is 28.8 Å². The molecule has 0 amide bonds. The van der Waals surface area contributed by atoms with E-state index in [1.807, 2.05) is 73.7 Å². The van der Waals surface area contributed by atoms with Gasteiger partial charge >= 0.3 is 5.97 Å². The number of aliphatic carboxylic acids is 1. The number of rotatable bonds is 10. The Morgan fingerprint density at radius 2 is 1.94 bits per heavy atom. The SMILES string of the molecule is Cc1cc(SCCCOc2cccc(-c3nc4ccccc4o3)c2)ccc1OCC(=O)O. The van der Waals surface area contributed by atoms with Crippen LogP contribution < -0.4 is 9.47 Å². The average Bonchev–Trinajstić information content (AvgIpc) is 3.23. The number of ether oxygens (including phenoxy) is 2. The van der Waals surface area contributed by atoms with Gasteiger partial charge in [0.15, 0.2) is 12.2 Å². The number of aryl methyl sites for hydroxylation is 1. The molecule has 4 rings (SSSR count). The highest BCUT2D eigenvalue weighted by molar-refractivity contribution is 7.99. The molecular weight excluding hydrogens is 426 g/mol. The summed E-state index contributed by atoms with van der Waals surface area (Å²) in [7, 11) is 0. The molecule has 0 saturated heterocycles. The van der Waals surface area contributed by atoms with E-state index >= 15 is 0 Å². The van der Waals surface area contributed by atoms with Crippen molar-refractivity contribution in [1.82, 2.24) is 4.98 Å². The molecule has 0 atom stereocenters. The molecule has 3 aromatic carbocycles. The van der Waals surface area contributed by atoms with Crippen LogP contribution in [0.15, 0.2) is 76.0 Å². The summed E-state index contributed by atoms with van der Waals surface area (Å²) >= 11 is 1.73. The first-order valence-corrected chi connectivity index (χ1v) is 11.2. The van der Waals surface area contributed by atoms with E-state index < -0.39 is 5.97 Å². The number of aromatic nitrogens is 1. The van der Waals surface area contributed by atoms with Crippen molar-refractivity contribution in [3.63, 3.8) is 0 Å². The van der Waals surface area contributed by atoms with Crippen LogP contribution in [0.3, 0.4) is 0 Å². The number of nitrogens with zero attached hydrogens (tertiary/aromatic N) is 1. The Bertz CT molecular complexity index is 1190. The smallest absolute Gasteiger partial charge is 0.341 e. The van der Waals surface area contributed by atoms with Crippen molar-refractivity contribution in [2.75, 3.05) is 19.0 Å². The largest absolute Gasteiger partial charge is 0.494 e. The van der Waals surface area contributed by atoms with Crippen molar-refractivity contribution in [2.45, 2.75) is 18.2 Å². The molecule has 0 fully saturated rings. The van der Waals surface area contributed by atoms with E-state index in [4.69, 9.17) is 19.0 Å². The van der Waals surface area contributed by atoms with E-state index in [9.17, 15) is 4.79 Å². The minimum Gasteiger partial charge on any atom is -0.494 e. The number of carbonyl (C=O) groups is 1. The Labute approximate surface area is 190 Å². The second-order valence-electron chi connectivity index (χ2n) is 7.17. The molecule has 1 N–H and O–H groups in total. The molecule has 32 heavy (non-hydrogen) atoms. The van der Waals surface area contributed by atoms with E-state index in [0.29, 0.717) is 18.2 Å². The molecule has 0 unspecified atom stereocenters. The van der Waals surface area contributed by atoms with Gasteiger partial charge in [0.05, 0.1) is 6.61 Å². The lowest BCUT2D eigenvalue weighted by Crippen LogP contribution is -2.10. The zero-order valence-electron chi connectivity index (χ0n) is 17.6. The Balaban J connectivity index is 1.26. The second-order valence-corrected chi connectivity index (χ2v) is 8.34. The van der Waals surface area contributed by atoms with E-state index in [2.05, 4.69) is 4.98 Å². The number of oxazole rings is 1. The molecule has 0 saturated carbocycles. The Kier molecular flexibility index (Phi) is 6.97. The third-order valence-corrected chi connectivity index (χ3v) is 5.78. The minimum atomic E-state index is -0.984. The summed E-state index contributed by atoms with van der Waals surface area (Å²) in [5.74, 6) is 1.88. The van der Waals surface area contributed by atoms with Crippen molar-refractivity contribution in [3.8, 4) is 23.0 Å². The normalized spacial score (nSPS) is 10.9. The van der Waals surface area contributed by atoms with Crippen LogP contribution >= 0.6 is 11.8 Å². The van der Waals surface area contributed by atoms with Crippen molar-refractivity contribution in [3.05, 3.63) is 72.3 Å². The summed E-state index contributed by atoms with van der Waals surface area (Å²) in [6.45, 7) is 2.18. The number of benzene rings is 3. The highest BCUT2D eigenvalue weighted by Crippen LogP contribution is 2.28. The van der Waals surface area contributed by atoms with Crippen molar-refractivity contribution in [1.29, 1.82) is 0 Å². The van der Waals surface area contributed by atoms with Crippen LogP contribution in [-0.4, -0.2) is 35.0 Å². The third kappa shape index (κ3) is 5.62. The van der Waals surface area contributed by atoms with Crippen LogP contribution in [0, 0.1) is 6.92 Å². The summed E-state index contributed by atoms with van der Waals surface area (Å²) in [4.78, 5) is 16.3. The summed E-state index contributed by atoms with van der Waals surface area (Å²) in [5, 5.41) is 8.72. The van der Waals surface area contributed by atoms with Crippen LogP contribution in [0.2, 0.25) is 0 Å². The van der Waals surface area contributed by atoms with Gasteiger partial charge in [0.1, 0.15) is 17.0 Å². The maximum atomic E-state index is 10.6. The van der Waals surface area contributed by atoms with Gasteiger partial charge in [0, 0.05) is 16.2 Å². The summed E-state index contributed by atoms with van der Waals surface area (Å²) in [6, 6.07) is 21.2. The number of fused-ring (bicyclic) bond motifs is 1. The molecular formula is C25H23NO5S. The fourth-order valence-corrected chi connectivity index (χ4v) is 4.09. The fourth-order valence-electron chi connectivity index (χ4n) is 3.17. The van der Waals surface area contributed by atoms with E-state index in [0.717, 1.165) is 45.0 Å². The second kappa shape index (κ2) is 10.2. The molecule has 0 aliphatic heterocycles. The molecule has 0 aliphatic rings. The van der Waals surface area contributed by atoms with Crippen molar-refractivity contribution in [2.24, 2.45) is 0 Å². The molecule has 0 aliphatic carbocycles. The fraction of sp³-hybridized carbons (Fsp3) is 0.200. The topological polar surface area (TPSA) is 81.8 Å². The first kappa shape index (κ1) is 21.8. The van der Waals surface area contributed by atoms with Crippen molar-refractivity contribution < 1.29 is 23.8 Å². The van der Waals surface area contributed by atoms with Gasteiger partial charge in [-0.1, -0.05) is 18.2 Å². The molecule has 4 aromatic rings. The standard InChI is InChI=1S/C25H23NO5S/c1-17-14-20(10-11-22(17)30-16-24(27)28)32-13-5-12-29-19-7-4-6-18(15-19)25-26-21-8-2-3-9-23(21)31-25/h2-4,6-11,14-15H,5,12-13,16H2,1H3,(H,27,28). The van der Waals surface area contributed by atoms with Crippen LogP contribution in [0.5, 0.6) is 11.5 Å². The number of hydrogen-bond donors (Lipinski definition) is 1. The molecule has 6 nitrogen and oxygen atoms in total. The van der Waals surface area contributed by atoms with Gasteiger partial charge in [0.2, 0.25) is 5.89 Å². The third-order valence-electron chi connectivity index (χ3n) is 4.70. The quantitative estimate of drug-likeness (QED) is 0.241. The van der Waals surface area contributed by atoms with Gasteiger partial charge in [-0.05, 0) is 67.4 Å². The van der Waals surface area contributed by atoms with Gasteiger partial charge in [-0.2, -0.15) is 0 Å². The minimum absolute atomic E-state index is 0.335. The highest BCUT2D eigenvalue weighted by atomic mass is 32.2. The average molecular weight is 450 g/mol. The molecule has 164 valence electrons. The Morgan fingerprint density at radius 1 is 1.06 bits per heavy atom. The van der Waals surface area contributed by atoms with E-state index in [1.165, 1.54) is 0 Å². The van der Waals surface area contributed by atoms with Gasteiger partial charge in [-0.25, -0.2) is 9.78 Å². The molecule has 0 bridgehead atoms. The molecule has 0 spiro atoms. The number of carboxylic acid groups (broad SMARTS) is 1. The van der Waals surface area contributed by atoms with Crippen LogP contribution in [0.1, 0.15) is 12.0 Å². The van der Waals surface area contributed by atoms with Gasteiger partial charge in [0.25, 0.3) is 0 Å². The molecule has 1 aromatic heterocycles. The number of thioether (sulfide) groups is 1. The van der Waals surface area contributed by atoms with Gasteiger partial charge in [-0.15, -0.1) is 11.8 Å². The van der Waals surface area contributed by atoms with Crippen LogP contribution in [-0.2, 0) is 4.79 Å². The predicted molar refractivity (Wildman–Crippen MR) is 125 cm³/mol. The lowest BCUT2D eigenvalue weighted by atomic mass is 10.2. The lowest BCUT2D eigenvalue weighted by Gasteiger charge is -2.09. The zero-order valence-corrected chi connectivity index (χ0v) is 18.4.